The van der Waals surface area contributed by atoms with Gasteiger partial charge in [0.1, 0.15) is 6.04 Å². The number of ether oxygens (including phenoxy) is 1. The van der Waals surface area contributed by atoms with Crippen molar-refractivity contribution >= 4 is 11.9 Å². The molecule has 18 heavy (non-hydrogen) atoms. The summed E-state index contributed by atoms with van der Waals surface area (Å²) in [5, 5.41) is 9.16. The summed E-state index contributed by atoms with van der Waals surface area (Å²) in [4.78, 5) is 25.0. The first kappa shape index (κ1) is 13.3. The fourth-order valence-electron chi connectivity index (χ4n) is 2.89. The highest BCUT2D eigenvalue weighted by molar-refractivity contribution is 5.84. The van der Waals surface area contributed by atoms with E-state index in [1.165, 1.54) is 4.90 Å². The summed E-state index contributed by atoms with van der Waals surface area (Å²) >= 11 is 0. The molecule has 1 saturated heterocycles. The van der Waals surface area contributed by atoms with E-state index in [1.807, 2.05) is 0 Å². The average molecular weight is 255 g/mol. The minimum absolute atomic E-state index is 0.0661. The van der Waals surface area contributed by atoms with Gasteiger partial charge in [0.2, 0.25) is 5.91 Å². The molecule has 0 radical (unpaired) electrons. The Labute approximate surface area is 107 Å². The lowest BCUT2D eigenvalue weighted by Crippen LogP contribution is -2.51. The zero-order chi connectivity index (χ0) is 13.2. The van der Waals surface area contributed by atoms with Gasteiger partial charge in [-0.15, -0.1) is 0 Å². The number of amides is 1. The molecule has 2 fully saturated rings. The Balaban J connectivity index is 2.00. The summed E-state index contributed by atoms with van der Waals surface area (Å²) in [5.74, 6) is -0.952. The summed E-state index contributed by atoms with van der Waals surface area (Å²) in [6, 6.07) is -0.639. The molecule has 1 saturated carbocycles. The molecule has 1 aliphatic carbocycles. The van der Waals surface area contributed by atoms with Crippen molar-refractivity contribution in [2.24, 2.45) is 0 Å². The van der Waals surface area contributed by atoms with E-state index < -0.39 is 12.0 Å². The standard InChI is InChI=1S/C13H21NO4/c1-18-13(6-4-7-13)9-11(15)14-8-3-2-5-10(14)12(16)17/h10H,2-9H2,1H3,(H,16,17). The fourth-order valence-corrected chi connectivity index (χ4v) is 2.89. The first-order valence-electron chi connectivity index (χ1n) is 6.65. The summed E-state index contributed by atoms with van der Waals surface area (Å²) < 4.78 is 5.44. The maximum atomic E-state index is 12.3. The molecule has 102 valence electrons. The highest BCUT2D eigenvalue weighted by atomic mass is 16.5. The number of nitrogens with zero attached hydrogens (tertiary/aromatic N) is 1. The van der Waals surface area contributed by atoms with Crippen molar-refractivity contribution in [1.29, 1.82) is 0 Å². The summed E-state index contributed by atoms with van der Waals surface area (Å²) in [6.45, 7) is 0.565. The predicted molar refractivity (Wildman–Crippen MR) is 65.2 cm³/mol. The van der Waals surface area contributed by atoms with Crippen LogP contribution in [0, 0.1) is 0 Å². The molecule has 1 N–H and O–H groups in total. The lowest BCUT2D eigenvalue weighted by Gasteiger charge is -2.42. The molecular weight excluding hydrogens is 234 g/mol. The minimum Gasteiger partial charge on any atom is -0.480 e. The van der Waals surface area contributed by atoms with Gasteiger partial charge in [-0.3, -0.25) is 4.79 Å². The lowest BCUT2D eigenvalue weighted by molar-refractivity contribution is -0.157. The molecule has 2 aliphatic rings. The van der Waals surface area contributed by atoms with Gasteiger partial charge in [0.15, 0.2) is 0 Å². The zero-order valence-electron chi connectivity index (χ0n) is 10.9. The Morgan fingerprint density at radius 2 is 2.06 bits per heavy atom. The van der Waals surface area contributed by atoms with Gasteiger partial charge in [0.25, 0.3) is 0 Å². The second-order valence-corrected chi connectivity index (χ2v) is 5.35. The second kappa shape index (κ2) is 5.26. The molecular formula is C13H21NO4. The van der Waals surface area contributed by atoms with Crippen molar-refractivity contribution in [2.75, 3.05) is 13.7 Å². The van der Waals surface area contributed by atoms with Crippen LogP contribution in [0.3, 0.4) is 0 Å². The quantitative estimate of drug-likeness (QED) is 0.824. The highest BCUT2D eigenvalue weighted by Crippen LogP contribution is 2.38. The van der Waals surface area contributed by atoms with Gasteiger partial charge in [-0.1, -0.05) is 0 Å². The molecule has 0 bridgehead atoms. The van der Waals surface area contributed by atoms with Crippen LogP contribution in [0.2, 0.25) is 0 Å². The van der Waals surface area contributed by atoms with E-state index in [0.717, 1.165) is 32.1 Å². The van der Waals surface area contributed by atoms with Crippen molar-refractivity contribution in [1.82, 2.24) is 4.90 Å². The van der Waals surface area contributed by atoms with Crippen molar-refractivity contribution in [3.63, 3.8) is 0 Å². The van der Waals surface area contributed by atoms with Crippen LogP contribution in [0.25, 0.3) is 0 Å². The van der Waals surface area contributed by atoms with Gasteiger partial charge in [-0.05, 0) is 38.5 Å². The topological polar surface area (TPSA) is 66.8 Å². The maximum absolute atomic E-state index is 12.3. The Hall–Kier alpha value is -1.10. The molecule has 1 heterocycles. The number of carboxylic acids is 1. The number of carboxylic acid groups (broad SMARTS) is 1. The number of likely N-dealkylation sites (tertiary alicyclic amines) is 1. The number of carbonyl (C=O) groups is 2. The molecule has 0 aromatic carbocycles. The second-order valence-electron chi connectivity index (χ2n) is 5.35. The molecule has 1 atom stereocenters. The summed E-state index contributed by atoms with van der Waals surface area (Å²) in [6.07, 6.45) is 5.57. The van der Waals surface area contributed by atoms with E-state index in [0.29, 0.717) is 19.4 Å². The number of hydrogen-bond donors (Lipinski definition) is 1. The maximum Gasteiger partial charge on any atom is 0.326 e. The molecule has 1 aliphatic heterocycles. The molecule has 1 amide bonds. The van der Waals surface area contributed by atoms with Crippen LogP contribution in [0.15, 0.2) is 0 Å². The fraction of sp³-hybridized carbons (Fsp3) is 0.846. The van der Waals surface area contributed by atoms with E-state index in [2.05, 4.69) is 0 Å². The third-order valence-corrected chi connectivity index (χ3v) is 4.28. The van der Waals surface area contributed by atoms with E-state index in [-0.39, 0.29) is 11.5 Å². The van der Waals surface area contributed by atoms with Crippen LogP contribution >= 0.6 is 0 Å². The highest BCUT2D eigenvalue weighted by Gasteiger charge is 2.42. The van der Waals surface area contributed by atoms with Crippen molar-refractivity contribution in [2.45, 2.75) is 56.6 Å². The molecule has 0 spiro atoms. The van der Waals surface area contributed by atoms with Crippen LogP contribution in [-0.4, -0.2) is 47.2 Å². The van der Waals surface area contributed by atoms with Gasteiger partial charge in [0, 0.05) is 13.7 Å². The Morgan fingerprint density at radius 1 is 1.33 bits per heavy atom. The normalized spacial score (nSPS) is 26.5. The number of aliphatic carboxylic acids is 1. The number of methoxy groups -OCH3 is 1. The monoisotopic (exact) mass is 255 g/mol. The van der Waals surface area contributed by atoms with E-state index in [1.54, 1.807) is 7.11 Å². The van der Waals surface area contributed by atoms with Crippen LogP contribution in [0.5, 0.6) is 0 Å². The van der Waals surface area contributed by atoms with Crippen LogP contribution < -0.4 is 0 Å². The third kappa shape index (κ3) is 2.51. The number of rotatable bonds is 4. The van der Waals surface area contributed by atoms with Crippen LogP contribution in [-0.2, 0) is 14.3 Å². The molecule has 1 unspecified atom stereocenters. The van der Waals surface area contributed by atoms with Gasteiger partial charge in [-0.2, -0.15) is 0 Å². The summed E-state index contributed by atoms with van der Waals surface area (Å²) in [5.41, 5.74) is -0.322. The SMILES string of the molecule is COC1(CC(=O)N2CCCCC2C(=O)O)CCC1. The smallest absolute Gasteiger partial charge is 0.326 e. The molecule has 0 aromatic heterocycles. The molecule has 5 heteroatoms. The molecule has 5 nitrogen and oxygen atoms in total. The van der Waals surface area contributed by atoms with Gasteiger partial charge < -0.3 is 14.7 Å². The van der Waals surface area contributed by atoms with E-state index in [4.69, 9.17) is 9.84 Å². The van der Waals surface area contributed by atoms with Crippen molar-refractivity contribution < 1.29 is 19.4 Å². The van der Waals surface area contributed by atoms with Crippen molar-refractivity contribution in [3.05, 3.63) is 0 Å². The van der Waals surface area contributed by atoms with Gasteiger partial charge in [0.05, 0.1) is 12.0 Å². The Bertz CT molecular complexity index is 332. The van der Waals surface area contributed by atoms with Crippen LogP contribution in [0.4, 0.5) is 0 Å². The van der Waals surface area contributed by atoms with Crippen molar-refractivity contribution in [3.8, 4) is 0 Å². The lowest BCUT2D eigenvalue weighted by atomic mass is 9.77. The first-order valence-corrected chi connectivity index (χ1v) is 6.65. The Morgan fingerprint density at radius 3 is 2.56 bits per heavy atom. The summed E-state index contributed by atoms with van der Waals surface area (Å²) in [7, 11) is 1.64. The number of piperidine rings is 1. The Kier molecular flexibility index (Phi) is 3.90. The first-order chi connectivity index (χ1) is 8.58. The predicted octanol–water partition coefficient (Wildman–Crippen LogP) is 1.41. The van der Waals surface area contributed by atoms with E-state index >= 15 is 0 Å². The van der Waals surface area contributed by atoms with Gasteiger partial charge >= 0.3 is 5.97 Å². The number of carbonyl (C=O) groups excluding carboxylic acids is 1. The molecule has 0 aromatic rings. The zero-order valence-corrected chi connectivity index (χ0v) is 10.9. The van der Waals surface area contributed by atoms with Gasteiger partial charge in [-0.25, -0.2) is 4.79 Å². The number of hydrogen-bond acceptors (Lipinski definition) is 3. The third-order valence-electron chi connectivity index (χ3n) is 4.28. The molecule has 2 rings (SSSR count). The van der Waals surface area contributed by atoms with Crippen LogP contribution in [0.1, 0.15) is 44.9 Å². The minimum atomic E-state index is -0.886. The largest absolute Gasteiger partial charge is 0.480 e. The van der Waals surface area contributed by atoms with E-state index in [9.17, 15) is 9.59 Å². The average Bonchev–Trinajstić information content (AvgIpc) is 2.33.